The molecule has 9 heteroatoms. The van der Waals surface area contributed by atoms with E-state index in [0.717, 1.165) is 9.56 Å². The van der Waals surface area contributed by atoms with Crippen LogP contribution in [0.3, 0.4) is 0 Å². The van der Waals surface area contributed by atoms with Crippen molar-refractivity contribution < 1.29 is 18.0 Å². The lowest BCUT2D eigenvalue weighted by Gasteiger charge is -2.14. The molecule has 2 aromatic heterocycles. The zero-order valence-corrected chi connectivity index (χ0v) is 12.9. The van der Waals surface area contributed by atoms with Crippen molar-refractivity contribution in [2.45, 2.75) is 19.6 Å². The summed E-state index contributed by atoms with van der Waals surface area (Å²) < 4.78 is 37.4. The Bertz CT molecular complexity index is 726. The first-order valence-corrected chi connectivity index (χ1v) is 7.61. The van der Waals surface area contributed by atoms with Crippen LogP contribution in [0.4, 0.5) is 13.2 Å². The van der Waals surface area contributed by atoms with E-state index in [2.05, 4.69) is 5.10 Å². The van der Waals surface area contributed by atoms with Crippen LogP contribution in [0.25, 0.3) is 10.6 Å². The van der Waals surface area contributed by atoms with Crippen LogP contribution in [0, 0.1) is 5.92 Å². The fourth-order valence-corrected chi connectivity index (χ4v) is 2.53. The van der Waals surface area contributed by atoms with Crippen molar-refractivity contribution in [2.24, 2.45) is 5.92 Å². The molecule has 0 radical (unpaired) electrons. The first-order valence-electron chi connectivity index (χ1n) is 6.73. The van der Waals surface area contributed by atoms with Gasteiger partial charge in [0.25, 0.3) is 5.56 Å². The van der Waals surface area contributed by atoms with E-state index >= 15 is 0 Å². The van der Waals surface area contributed by atoms with Gasteiger partial charge in [-0.1, -0.05) is 13.0 Å². The third-order valence-corrected chi connectivity index (χ3v) is 3.89. The smallest absolute Gasteiger partial charge is 0.347 e. The standard InChI is InChI=1S/C14H14F3N3O2S/c1-9(13(22)18-8-14(15,16)17)7-20-12(21)5-4-10(19-20)11-3-2-6-23-11/h2-6,9H,7-8H2,1H3,(H,18,22). The number of amides is 1. The molecular formula is C14H14F3N3O2S. The van der Waals surface area contributed by atoms with Crippen LogP contribution >= 0.6 is 11.3 Å². The lowest BCUT2D eigenvalue weighted by Crippen LogP contribution is -2.39. The molecule has 2 heterocycles. The number of halogens is 3. The number of hydrogen-bond acceptors (Lipinski definition) is 4. The number of thiophene rings is 1. The molecule has 0 fully saturated rings. The van der Waals surface area contributed by atoms with E-state index in [1.54, 1.807) is 11.4 Å². The van der Waals surface area contributed by atoms with Gasteiger partial charge < -0.3 is 5.32 Å². The molecule has 0 aliphatic carbocycles. The maximum atomic E-state index is 12.1. The summed E-state index contributed by atoms with van der Waals surface area (Å²) in [5.74, 6) is -1.60. The highest BCUT2D eigenvalue weighted by atomic mass is 32.1. The fourth-order valence-electron chi connectivity index (χ4n) is 1.84. The molecule has 0 saturated carbocycles. The topological polar surface area (TPSA) is 64.0 Å². The van der Waals surface area contributed by atoms with Gasteiger partial charge in [-0.2, -0.15) is 18.3 Å². The first-order chi connectivity index (χ1) is 10.8. The van der Waals surface area contributed by atoms with Gasteiger partial charge in [-0.3, -0.25) is 9.59 Å². The van der Waals surface area contributed by atoms with Gasteiger partial charge in [0.05, 0.1) is 17.3 Å². The van der Waals surface area contributed by atoms with Crippen LogP contribution in [0.5, 0.6) is 0 Å². The molecule has 0 aliphatic rings. The van der Waals surface area contributed by atoms with E-state index in [1.165, 1.54) is 24.3 Å². The van der Waals surface area contributed by atoms with Crippen molar-refractivity contribution in [1.82, 2.24) is 15.1 Å². The van der Waals surface area contributed by atoms with Gasteiger partial charge in [0, 0.05) is 6.07 Å². The van der Waals surface area contributed by atoms with E-state index in [4.69, 9.17) is 0 Å². The number of rotatable bonds is 5. The number of alkyl halides is 3. The summed E-state index contributed by atoms with van der Waals surface area (Å²) in [6.07, 6.45) is -4.47. The normalized spacial score (nSPS) is 12.9. The summed E-state index contributed by atoms with van der Waals surface area (Å²) in [6, 6.07) is 6.56. The van der Waals surface area contributed by atoms with Crippen LogP contribution in [-0.4, -0.2) is 28.4 Å². The Morgan fingerprint density at radius 3 is 2.74 bits per heavy atom. The van der Waals surface area contributed by atoms with Gasteiger partial charge in [-0.15, -0.1) is 11.3 Å². The number of aromatic nitrogens is 2. The maximum absolute atomic E-state index is 12.1. The summed E-state index contributed by atoms with van der Waals surface area (Å²) in [4.78, 5) is 24.3. The molecule has 0 saturated heterocycles. The van der Waals surface area contributed by atoms with Crippen LogP contribution < -0.4 is 10.9 Å². The average Bonchev–Trinajstić information content (AvgIpc) is 3.00. The molecule has 2 rings (SSSR count). The molecular weight excluding hydrogens is 331 g/mol. The van der Waals surface area contributed by atoms with E-state index in [1.807, 2.05) is 17.5 Å². The molecule has 1 N–H and O–H groups in total. The van der Waals surface area contributed by atoms with Gasteiger partial charge in [0.15, 0.2) is 0 Å². The van der Waals surface area contributed by atoms with Crippen LogP contribution in [-0.2, 0) is 11.3 Å². The number of carbonyl (C=O) groups is 1. The minimum Gasteiger partial charge on any atom is -0.347 e. The van der Waals surface area contributed by atoms with Crippen LogP contribution in [0.15, 0.2) is 34.4 Å². The van der Waals surface area contributed by atoms with Gasteiger partial charge >= 0.3 is 6.18 Å². The molecule has 0 aromatic carbocycles. The molecule has 23 heavy (non-hydrogen) atoms. The number of carbonyl (C=O) groups excluding carboxylic acids is 1. The zero-order chi connectivity index (χ0) is 17.0. The lowest BCUT2D eigenvalue weighted by atomic mass is 10.1. The van der Waals surface area contributed by atoms with Crippen LogP contribution in [0.2, 0.25) is 0 Å². The number of hydrogen-bond donors (Lipinski definition) is 1. The highest BCUT2D eigenvalue weighted by Gasteiger charge is 2.28. The largest absolute Gasteiger partial charge is 0.405 e. The highest BCUT2D eigenvalue weighted by Crippen LogP contribution is 2.21. The van der Waals surface area contributed by atoms with Crippen molar-refractivity contribution in [3.63, 3.8) is 0 Å². The van der Waals surface area contributed by atoms with E-state index < -0.39 is 30.1 Å². The second kappa shape index (κ2) is 6.95. The monoisotopic (exact) mass is 345 g/mol. The zero-order valence-electron chi connectivity index (χ0n) is 12.1. The number of nitrogens with zero attached hydrogens (tertiary/aromatic N) is 2. The fraction of sp³-hybridized carbons (Fsp3) is 0.357. The quantitative estimate of drug-likeness (QED) is 0.904. The number of nitrogens with one attached hydrogen (secondary N) is 1. The predicted molar refractivity (Wildman–Crippen MR) is 80.0 cm³/mol. The van der Waals surface area contributed by atoms with Crippen molar-refractivity contribution >= 4 is 17.2 Å². The molecule has 2 aromatic rings. The van der Waals surface area contributed by atoms with Crippen molar-refractivity contribution in [3.05, 3.63) is 40.0 Å². The highest BCUT2D eigenvalue weighted by molar-refractivity contribution is 7.13. The molecule has 0 spiro atoms. The molecule has 1 atom stereocenters. The summed E-state index contributed by atoms with van der Waals surface area (Å²) in [5.41, 5.74) is 0.156. The minimum absolute atomic E-state index is 0.0955. The Balaban J connectivity index is 2.08. The Labute approximate surface area is 133 Å². The van der Waals surface area contributed by atoms with E-state index in [0.29, 0.717) is 5.69 Å². The molecule has 5 nitrogen and oxygen atoms in total. The Hall–Kier alpha value is -2.16. The molecule has 1 unspecified atom stereocenters. The van der Waals surface area contributed by atoms with E-state index in [-0.39, 0.29) is 6.54 Å². The second-order valence-electron chi connectivity index (χ2n) is 4.95. The first kappa shape index (κ1) is 17.2. The predicted octanol–water partition coefficient (Wildman–Crippen LogP) is 2.29. The minimum atomic E-state index is -4.47. The van der Waals surface area contributed by atoms with Crippen molar-refractivity contribution in [3.8, 4) is 10.6 Å². The summed E-state index contributed by atoms with van der Waals surface area (Å²) in [7, 11) is 0. The molecule has 1 amide bonds. The maximum Gasteiger partial charge on any atom is 0.405 e. The van der Waals surface area contributed by atoms with Gasteiger partial charge in [0.1, 0.15) is 12.2 Å². The van der Waals surface area contributed by atoms with Crippen molar-refractivity contribution in [2.75, 3.05) is 6.54 Å². The summed E-state index contributed by atoms with van der Waals surface area (Å²) in [5, 5.41) is 7.82. The summed E-state index contributed by atoms with van der Waals surface area (Å²) >= 11 is 1.44. The van der Waals surface area contributed by atoms with Gasteiger partial charge in [-0.25, -0.2) is 4.68 Å². The molecule has 0 aliphatic heterocycles. The van der Waals surface area contributed by atoms with Crippen molar-refractivity contribution in [1.29, 1.82) is 0 Å². The SMILES string of the molecule is CC(Cn1nc(-c2cccs2)ccc1=O)C(=O)NCC(F)(F)F. The second-order valence-corrected chi connectivity index (χ2v) is 5.90. The Kier molecular flexibility index (Phi) is 5.19. The third kappa shape index (κ3) is 4.92. The molecule has 0 bridgehead atoms. The van der Waals surface area contributed by atoms with Gasteiger partial charge in [0.2, 0.25) is 5.91 Å². The van der Waals surface area contributed by atoms with Gasteiger partial charge in [-0.05, 0) is 17.5 Å². The average molecular weight is 345 g/mol. The lowest BCUT2D eigenvalue weighted by molar-refractivity contribution is -0.140. The van der Waals surface area contributed by atoms with Crippen LogP contribution in [0.1, 0.15) is 6.92 Å². The Morgan fingerprint density at radius 2 is 2.13 bits per heavy atom. The summed E-state index contributed by atoms with van der Waals surface area (Å²) in [6.45, 7) is -0.0485. The molecule has 124 valence electrons. The third-order valence-electron chi connectivity index (χ3n) is 3.00. The Morgan fingerprint density at radius 1 is 1.39 bits per heavy atom. The van der Waals surface area contributed by atoms with E-state index in [9.17, 15) is 22.8 Å².